The topological polar surface area (TPSA) is 17.1 Å². The van der Waals surface area contributed by atoms with Gasteiger partial charge < -0.3 is 0 Å². The number of alkyl halides is 1. The second-order valence-corrected chi connectivity index (χ2v) is 4.18. The van der Waals surface area contributed by atoms with Crippen molar-refractivity contribution in [3.8, 4) is 0 Å². The van der Waals surface area contributed by atoms with Crippen LogP contribution < -0.4 is 0 Å². The fourth-order valence-electron chi connectivity index (χ4n) is 2.03. The summed E-state index contributed by atoms with van der Waals surface area (Å²) in [5.41, 5.74) is -0.939. The summed E-state index contributed by atoms with van der Waals surface area (Å²) >= 11 is 5.44. The molecule has 0 aromatic heterocycles. The lowest BCUT2D eigenvalue weighted by atomic mass is 9.64. The molecule has 0 aliphatic heterocycles. The van der Waals surface area contributed by atoms with Crippen molar-refractivity contribution in [2.45, 2.75) is 24.4 Å². The average molecular weight is 231 g/mol. The summed E-state index contributed by atoms with van der Waals surface area (Å²) in [5.74, 6) is -0.501. The molecule has 1 aliphatic carbocycles. The Kier molecular flexibility index (Phi) is 2.51. The van der Waals surface area contributed by atoms with E-state index < -0.39 is 22.6 Å². The quantitative estimate of drug-likeness (QED) is 0.714. The second-order valence-electron chi connectivity index (χ2n) is 3.84. The van der Waals surface area contributed by atoms with Crippen molar-refractivity contribution in [2.24, 2.45) is 0 Å². The van der Waals surface area contributed by atoms with Gasteiger partial charge >= 0.3 is 0 Å². The van der Waals surface area contributed by atoms with Gasteiger partial charge in [-0.2, -0.15) is 0 Å². The molecule has 1 aromatic rings. The zero-order valence-corrected chi connectivity index (χ0v) is 8.60. The first kappa shape index (κ1) is 10.6. The van der Waals surface area contributed by atoms with Gasteiger partial charge in [0.05, 0.1) is 5.41 Å². The molecule has 1 nitrogen and oxygen atoms in total. The monoisotopic (exact) mass is 230 g/mol. The predicted molar refractivity (Wildman–Crippen MR) is 53.1 cm³/mol. The van der Waals surface area contributed by atoms with Crippen LogP contribution in [-0.4, -0.2) is 11.4 Å². The molecule has 0 amide bonds. The zero-order valence-electron chi connectivity index (χ0n) is 7.84. The van der Waals surface area contributed by atoms with Crippen LogP contribution in [0.15, 0.2) is 24.3 Å². The minimum absolute atomic E-state index is 0.0176. The van der Waals surface area contributed by atoms with E-state index in [9.17, 15) is 13.6 Å². The highest BCUT2D eigenvalue weighted by Crippen LogP contribution is 2.47. The van der Waals surface area contributed by atoms with Gasteiger partial charge in [-0.25, -0.2) is 8.78 Å². The van der Waals surface area contributed by atoms with Crippen molar-refractivity contribution in [1.29, 1.82) is 0 Å². The average Bonchev–Trinajstić information content (AvgIpc) is 2.13. The van der Waals surface area contributed by atoms with Gasteiger partial charge in [-0.1, -0.05) is 18.2 Å². The first-order valence-electron chi connectivity index (χ1n) is 4.65. The number of carbonyl (C=O) groups is 1. The Morgan fingerprint density at radius 2 is 2.00 bits per heavy atom. The van der Waals surface area contributed by atoms with Crippen molar-refractivity contribution >= 4 is 16.8 Å². The lowest BCUT2D eigenvalue weighted by molar-refractivity contribution is -0.122. The summed E-state index contributed by atoms with van der Waals surface area (Å²) in [7, 11) is 0. The molecule has 15 heavy (non-hydrogen) atoms. The first-order chi connectivity index (χ1) is 7.06. The van der Waals surface area contributed by atoms with E-state index in [1.807, 2.05) is 0 Å². The number of halogens is 3. The van der Waals surface area contributed by atoms with E-state index >= 15 is 0 Å². The number of rotatable bonds is 2. The van der Waals surface area contributed by atoms with Crippen LogP contribution in [0.3, 0.4) is 0 Å². The molecule has 1 aliphatic rings. The van der Waals surface area contributed by atoms with E-state index in [1.165, 1.54) is 18.2 Å². The molecule has 1 saturated carbocycles. The Morgan fingerprint density at radius 3 is 2.47 bits per heavy atom. The Morgan fingerprint density at radius 1 is 1.40 bits per heavy atom. The summed E-state index contributed by atoms with van der Waals surface area (Å²) < 4.78 is 26.3. The zero-order chi connectivity index (χ0) is 11.1. The van der Waals surface area contributed by atoms with E-state index in [0.29, 0.717) is 0 Å². The van der Waals surface area contributed by atoms with Crippen LogP contribution in [0, 0.1) is 5.82 Å². The lowest BCUT2D eigenvalue weighted by Gasteiger charge is -2.41. The molecule has 0 atom stereocenters. The molecule has 0 heterocycles. The van der Waals surface area contributed by atoms with Crippen LogP contribution in [0.4, 0.5) is 8.78 Å². The van der Waals surface area contributed by atoms with Gasteiger partial charge in [-0.05, 0) is 30.5 Å². The van der Waals surface area contributed by atoms with Crippen LogP contribution in [0.25, 0.3) is 0 Å². The highest BCUT2D eigenvalue weighted by molar-refractivity contribution is 6.65. The largest absolute Gasteiger partial charge is 0.280 e. The third-order valence-corrected chi connectivity index (χ3v) is 3.27. The van der Waals surface area contributed by atoms with Crippen LogP contribution in [0.2, 0.25) is 0 Å². The number of carbonyl (C=O) groups excluding carboxylic acids is 1. The molecule has 0 N–H and O–H groups in total. The van der Waals surface area contributed by atoms with Gasteiger partial charge in [0.15, 0.2) is 0 Å². The number of benzene rings is 1. The molecule has 0 saturated heterocycles. The summed E-state index contributed by atoms with van der Waals surface area (Å²) in [4.78, 5) is 11.3. The number of hydrogen-bond donors (Lipinski definition) is 0. The third kappa shape index (κ3) is 1.55. The van der Waals surface area contributed by atoms with E-state index in [-0.39, 0.29) is 18.4 Å². The molecule has 0 spiro atoms. The van der Waals surface area contributed by atoms with Gasteiger partial charge in [-0.3, -0.25) is 4.79 Å². The summed E-state index contributed by atoms with van der Waals surface area (Å²) in [6, 6.07) is 5.88. The lowest BCUT2D eigenvalue weighted by Crippen LogP contribution is -2.47. The molecule has 1 aromatic carbocycles. The molecule has 80 valence electrons. The maximum Gasteiger partial charge on any atom is 0.232 e. The van der Waals surface area contributed by atoms with E-state index in [1.54, 1.807) is 6.07 Å². The van der Waals surface area contributed by atoms with Crippen LogP contribution in [0.5, 0.6) is 0 Å². The van der Waals surface area contributed by atoms with Gasteiger partial charge in [-0.15, -0.1) is 0 Å². The van der Waals surface area contributed by atoms with Gasteiger partial charge in [0.2, 0.25) is 5.24 Å². The molecule has 0 radical (unpaired) electrons. The summed E-state index contributed by atoms with van der Waals surface area (Å²) in [6.07, 6.45) is -1.10. The van der Waals surface area contributed by atoms with Gasteiger partial charge in [0.25, 0.3) is 0 Å². The van der Waals surface area contributed by atoms with Crippen molar-refractivity contribution in [1.82, 2.24) is 0 Å². The fourth-order valence-corrected chi connectivity index (χ4v) is 2.29. The first-order valence-corrected chi connectivity index (χ1v) is 5.03. The molecule has 2 rings (SSSR count). The second kappa shape index (κ2) is 3.56. The summed E-state index contributed by atoms with van der Waals surface area (Å²) in [6.45, 7) is 0. The van der Waals surface area contributed by atoms with Crippen LogP contribution in [0.1, 0.15) is 18.4 Å². The van der Waals surface area contributed by atoms with Crippen molar-refractivity contribution in [3.63, 3.8) is 0 Å². The maximum absolute atomic E-state index is 13.5. The Hall–Kier alpha value is -0.960. The Bertz CT molecular complexity index is 399. The molecular formula is C11H9ClF2O. The highest BCUT2D eigenvalue weighted by Gasteiger charge is 2.52. The van der Waals surface area contributed by atoms with Crippen LogP contribution in [-0.2, 0) is 10.2 Å². The molecule has 4 heteroatoms. The molecule has 1 fully saturated rings. The van der Waals surface area contributed by atoms with Crippen molar-refractivity contribution < 1.29 is 13.6 Å². The smallest absolute Gasteiger partial charge is 0.232 e. The maximum atomic E-state index is 13.5. The number of hydrogen-bond acceptors (Lipinski definition) is 1. The Balaban J connectivity index is 2.43. The molecular weight excluding hydrogens is 222 g/mol. The SMILES string of the molecule is O=C(Cl)C1(c2ccccc2F)CC(F)C1. The summed E-state index contributed by atoms with van der Waals surface area (Å²) in [5, 5.41) is -0.679. The molecule has 0 bridgehead atoms. The van der Waals surface area contributed by atoms with E-state index in [4.69, 9.17) is 11.6 Å². The fraction of sp³-hybridized carbons (Fsp3) is 0.364. The predicted octanol–water partition coefficient (Wildman–Crippen LogP) is 2.96. The van der Waals surface area contributed by atoms with E-state index in [2.05, 4.69) is 0 Å². The standard InChI is InChI=1S/C11H9ClF2O/c12-10(15)11(5-7(13)6-11)8-3-1-2-4-9(8)14/h1-4,7H,5-6H2. The van der Waals surface area contributed by atoms with Crippen LogP contribution >= 0.6 is 11.6 Å². The van der Waals surface area contributed by atoms with Gasteiger partial charge in [0.1, 0.15) is 12.0 Å². The normalized spacial score (nSPS) is 29.7. The Labute approximate surface area is 91.0 Å². The minimum atomic E-state index is -1.15. The molecule has 0 unspecified atom stereocenters. The van der Waals surface area contributed by atoms with E-state index in [0.717, 1.165) is 0 Å². The minimum Gasteiger partial charge on any atom is -0.280 e. The van der Waals surface area contributed by atoms with Crippen molar-refractivity contribution in [3.05, 3.63) is 35.6 Å². The highest BCUT2D eigenvalue weighted by atomic mass is 35.5. The van der Waals surface area contributed by atoms with Crippen molar-refractivity contribution in [2.75, 3.05) is 0 Å². The van der Waals surface area contributed by atoms with Gasteiger partial charge in [0, 0.05) is 5.56 Å². The third-order valence-electron chi connectivity index (χ3n) is 2.91.